The van der Waals surface area contributed by atoms with E-state index in [1.807, 2.05) is 54.3 Å². The topological polar surface area (TPSA) is 135 Å². The number of para-hydroxylation sites is 1. The first-order valence-electron chi connectivity index (χ1n) is 16.8. The van der Waals surface area contributed by atoms with Crippen LogP contribution in [-0.4, -0.2) is 64.1 Å². The second-order valence-corrected chi connectivity index (χ2v) is 15.4. The zero-order valence-electron chi connectivity index (χ0n) is 28.4. The van der Waals surface area contributed by atoms with E-state index in [-0.39, 0.29) is 41.3 Å². The Kier molecular flexibility index (Phi) is 8.92. The molecule has 0 radical (unpaired) electrons. The minimum Gasteiger partial charge on any atom is -0.506 e. The van der Waals surface area contributed by atoms with Crippen molar-refractivity contribution in [2.75, 3.05) is 23.7 Å². The Morgan fingerprint density at radius 2 is 1.67 bits per heavy atom. The molecule has 0 aromatic heterocycles. The Hall–Kier alpha value is -4.54. The van der Waals surface area contributed by atoms with Crippen LogP contribution in [0.5, 0.6) is 0 Å². The van der Waals surface area contributed by atoms with Gasteiger partial charge < -0.3 is 15.1 Å². The van der Waals surface area contributed by atoms with Crippen molar-refractivity contribution in [2.45, 2.75) is 70.6 Å². The number of hydrogen-bond acceptors (Lipinski definition) is 6. The maximum Gasteiger partial charge on any atom is 0.303 e. The Morgan fingerprint density at radius 1 is 0.959 bits per heavy atom. The molecule has 2 aliphatic heterocycles. The highest BCUT2D eigenvalue weighted by Crippen LogP contribution is 2.52. The van der Waals surface area contributed by atoms with E-state index in [0.717, 1.165) is 39.1 Å². The van der Waals surface area contributed by atoms with Crippen molar-refractivity contribution < 1.29 is 37.3 Å². The zero-order chi connectivity index (χ0) is 35.3. The van der Waals surface area contributed by atoms with Gasteiger partial charge in [0.25, 0.3) is 10.1 Å². The van der Waals surface area contributed by atoms with E-state index in [9.17, 15) is 32.8 Å². The van der Waals surface area contributed by atoms with Crippen LogP contribution in [0.2, 0.25) is 0 Å². The molecule has 1 atom stereocenters. The fourth-order valence-electron chi connectivity index (χ4n) is 7.95. The average Bonchev–Trinajstić information content (AvgIpc) is 3.42. The molecule has 3 N–H and O–H groups in total. The number of aliphatic carboxylic acids is 1. The van der Waals surface area contributed by atoms with Crippen molar-refractivity contribution in [3.8, 4) is 0 Å². The minimum atomic E-state index is -4.11. The first kappa shape index (κ1) is 34.3. The number of carbonyl (C=O) groups excluding carboxylic acids is 1. The molecular weight excluding hydrogens is 641 g/mol. The average molecular weight is 684 g/mol. The number of unbranched alkanes of at least 4 members (excludes halogenated alkanes) is 1. The van der Waals surface area contributed by atoms with Crippen LogP contribution in [0.25, 0.3) is 10.8 Å². The molecule has 0 amide bonds. The molecule has 9 nitrogen and oxygen atoms in total. The van der Waals surface area contributed by atoms with Gasteiger partial charge in [0.2, 0.25) is 11.5 Å². The number of aliphatic hydroxyl groups excluding tert-OH is 1. The van der Waals surface area contributed by atoms with E-state index >= 15 is 0 Å². The fraction of sp³-hybridized carbons (Fsp3) is 0.359. The van der Waals surface area contributed by atoms with Crippen LogP contribution in [0.3, 0.4) is 0 Å². The molecule has 0 bridgehead atoms. The molecule has 3 aliphatic rings. The first-order valence-corrected chi connectivity index (χ1v) is 18.4. The lowest BCUT2D eigenvalue weighted by molar-refractivity contribution is -0.433. The Labute approximate surface area is 287 Å². The van der Waals surface area contributed by atoms with Gasteiger partial charge in [-0.15, -0.1) is 0 Å². The number of carboxylic acids is 1. The lowest BCUT2D eigenvalue weighted by Gasteiger charge is -2.32. The van der Waals surface area contributed by atoms with E-state index in [1.54, 1.807) is 6.08 Å². The second-order valence-electron chi connectivity index (χ2n) is 13.9. The van der Waals surface area contributed by atoms with Gasteiger partial charge in [-0.1, -0.05) is 42.5 Å². The molecule has 1 unspecified atom stereocenters. The molecule has 10 heteroatoms. The standard InChI is InChI=1S/C39H42N2O7S/c1-5-40-31-19-18-25-13-6-7-14-26(25)35(31)38(2,3)32(40)23-27-36(44)28(37(27)45)24-33-39(4,20-12-17-34(42)43)29-15-8-9-16-30(29)41(33)21-10-11-22-49(46,47)48/h6-9,13-16,18-19,23-24H,5,10-12,17,20-22H2,1-4H3,(H2-,42,43,44,45,46,47,48)/p+1. The van der Waals surface area contributed by atoms with E-state index in [0.29, 0.717) is 32.4 Å². The second kappa shape index (κ2) is 12.7. The smallest absolute Gasteiger partial charge is 0.303 e. The number of ketones is 1. The summed E-state index contributed by atoms with van der Waals surface area (Å²) < 4.78 is 34.2. The molecule has 6 rings (SSSR count). The van der Waals surface area contributed by atoms with Gasteiger partial charge >= 0.3 is 5.97 Å². The molecule has 1 aliphatic carbocycles. The third-order valence-corrected chi connectivity index (χ3v) is 11.2. The molecule has 2 heterocycles. The van der Waals surface area contributed by atoms with E-state index < -0.39 is 26.9 Å². The van der Waals surface area contributed by atoms with Crippen molar-refractivity contribution >= 4 is 49.7 Å². The normalized spacial score (nSPS) is 21.6. The fourth-order valence-corrected chi connectivity index (χ4v) is 8.52. The lowest BCUT2D eigenvalue weighted by Crippen LogP contribution is -2.33. The van der Waals surface area contributed by atoms with Crippen molar-refractivity contribution in [3.05, 3.63) is 107 Å². The highest BCUT2D eigenvalue weighted by Gasteiger charge is 2.48. The summed E-state index contributed by atoms with van der Waals surface area (Å²) in [6.45, 7) is 9.47. The minimum absolute atomic E-state index is 0.0147. The van der Waals surface area contributed by atoms with Gasteiger partial charge in [-0.05, 0) is 87.9 Å². The molecule has 0 saturated carbocycles. The van der Waals surface area contributed by atoms with Gasteiger partial charge in [0.1, 0.15) is 12.3 Å². The van der Waals surface area contributed by atoms with Gasteiger partial charge in [0.05, 0.1) is 22.3 Å². The molecule has 0 saturated heterocycles. The molecule has 49 heavy (non-hydrogen) atoms. The number of aliphatic hydroxyl groups is 1. The summed E-state index contributed by atoms with van der Waals surface area (Å²) in [4.78, 5) is 27.4. The van der Waals surface area contributed by atoms with E-state index in [4.69, 9.17) is 0 Å². The van der Waals surface area contributed by atoms with Crippen molar-refractivity contribution in [1.82, 2.24) is 0 Å². The van der Waals surface area contributed by atoms with Crippen LogP contribution in [0.4, 0.5) is 11.4 Å². The molecule has 0 spiro atoms. The Bertz CT molecular complexity index is 2120. The first-order chi connectivity index (χ1) is 23.2. The van der Waals surface area contributed by atoms with Crippen LogP contribution in [-0.2, 0) is 30.5 Å². The summed E-state index contributed by atoms with van der Waals surface area (Å²) >= 11 is 0. The van der Waals surface area contributed by atoms with Crippen molar-refractivity contribution in [2.24, 2.45) is 0 Å². The molecule has 3 aromatic rings. The van der Waals surface area contributed by atoms with Crippen LogP contribution in [0.1, 0.15) is 70.9 Å². The number of rotatable bonds is 12. The number of hydrogen-bond donors (Lipinski definition) is 3. The van der Waals surface area contributed by atoms with Crippen LogP contribution >= 0.6 is 0 Å². The van der Waals surface area contributed by atoms with Gasteiger partial charge in [-0.25, -0.2) is 0 Å². The molecule has 256 valence electrons. The third-order valence-electron chi connectivity index (χ3n) is 10.4. The number of carboxylic acid groups (broad SMARTS) is 1. The number of fused-ring (bicyclic) bond motifs is 4. The maximum atomic E-state index is 14.0. The van der Waals surface area contributed by atoms with Gasteiger partial charge in [0.15, 0.2) is 5.71 Å². The Morgan fingerprint density at radius 3 is 2.37 bits per heavy atom. The van der Waals surface area contributed by atoms with E-state index in [1.165, 1.54) is 5.56 Å². The Balaban J connectivity index is 1.41. The maximum absolute atomic E-state index is 14.0. The monoisotopic (exact) mass is 683 g/mol. The summed E-state index contributed by atoms with van der Waals surface area (Å²) in [5, 5.41) is 23.2. The predicted molar refractivity (Wildman–Crippen MR) is 192 cm³/mol. The van der Waals surface area contributed by atoms with Gasteiger partial charge in [0, 0.05) is 47.5 Å². The number of Topliss-reactive ketones (excluding diaryl/α,β-unsaturated/α-hetero) is 1. The summed E-state index contributed by atoms with van der Waals surface area (Å²) in [6.07, 6.45) is 5.09. The van der Waals surface area contributed by atoms with Crippen molar-refractivity contribution in [3.63, 3.8) is 0 Å². The van der Waals surface area contributed by atoms with Crippen LogP contribution in [0.15, 0.2) is 95.4 Å². The van der Waals surface area contributed by atoms with Crippen LogP contribution < -0.4 is 4.90 Å². The number of allylic oxidation sites excluding steroid dienone is 5. The van der Waals surface area contributed by atoms with Crippen molar-refractivity contribution in [1.29, 1.82) is 0 Å². The summed E-state index contributed by atoms with van der Waals surface area (Å²) in [5.74, 6) is -1.62. The molecule has 0 fully saturated rings. The van der Waals surface area contributed by atoms with Gasteiger partial charge in [-0.2, -0.15) is 13.0 Å². The number of anilines is 1. The number of carbonyl (C=O) groups is 2. The van der Waals surface area contributed by atoms with Crippen LogP contribution in [0, 0.1) is 0 Å². The lowest BCUT2D eigenvalue weighted by atomic mass is 9.74. The number of nitrogens with zero attached hydrogens (tertiary/aromatic N) is 2. The quantitative estimate of drug-likeness (QED) is 0.0794. The number of benzene rings is 3. The highest BCUT2D eigenvalue weighted by atomic mass is 32.2. The highest BCUT2D eigenvalue weighted by molar-refractivity contribution is 7.85. The zero-order valence-corrected chi connectivity index (χ0v) is 29.2. The van der Waals surface area contributed by atoms with Gasteiger partial charge in [-0.3, -0.25) is 14.1 Å². The SMILES string of the molecule is CC[N+]1=C(C=C2C(=O)C(C=C3N(CCCCS(=O)(=O)O)c4ccccc4C3(C)CCCC(=O)O)=C2O)C(C)(C)c2c1ccc1ccccc21. The summed E-state index contributed by atoms with van der Waals surface area (Å²) in [6, 6.07) is 20.3. The largest absolute Gasteiger partial charge is 0.506 e. The molecular formula is C39H43N2O7S+. The summed E-state index contributed by atoms with van der Waals surface area (Å²) in [5.41, 5.74) is 5.09. The molecule has 3 aromatic carbocycles. The predicted octanol–water partition coefficient (Wildman–Crippen LogP) is 7.14. The summed E-state index contributed by atoms with van der Waals surface area (Å²) in [7, 11) is -4.11. The van der Waals surface area contributed by atoms with E-state index in [2.05, 4.69) is 49.6 Å². The third kappa shape index (κ3) is 6.01.